The first kappa shape index (κ1) is 24.2. The Labute approximate surface area is 197 Å². The Hall–Kier alpha value is -2.45. The van der Waals surface area contributed by atoms with Gasteiger partial charge in [-0.05, 0) is 32.9 Å². The molecule has 32 heavy (non-hydrogen) atoms. The number of carbonyl (C=O) groups excluding carboxylic acids is 2. The van der Waals surface area contributed by atoms with Crippen LogP contribution in [0.5, 0.6) is 5.75 Å². The molecule has 0 unspecified atom stereocenters. The lowest BCUT2D eigenvalue weighted by molar-refractivity contribution is -0.130. The van der Waals surface area contributed by atoms with Crippen LogP contribution in [0.4, 0.5) is 4.79 Å². The summed E-state index contributed by atoms with van der Waals surface area (Å²) in [4.78, 5) is 30.4. The van der Waals surface area contributed by atoms with Crippen molar-refractivity contribution >= 4 is 41.0 Å². The Bertz CT molecular complexity index is 923. The van der Waals surface area contributed by atoms with Crippen LogP contribution >= 0.6 is 23.2 Å². The van der Waals surface area contributed by atoms with Gasteiger partial charge < -0.3 is 14.4 Å². The number of benzene rings is 1. The second kappa shape index (κ2) is 10.0. The largest absolute Gasteiger partial charge is 0.489 e. The highest BCUT2D eigenvalue weighted by Crippen LogP contribution is 2.41. The average molecular weight is 483 g/mol. The molecule has 1 fully saturated rings. The number of halogens is 2. The molecule has 0 spiro atoms. The fourth-order valence-corrected chi connectivity index (χ4v) is 3.90. The van der Waals surface area contributed by atoms with Crippen molar-refractivity contribution in [3.8, 4) is 5.75 Å². The molecule has 2 aliphatic rings. The number of hydrogen-bond donors (Lipinski definition) is 2. The number of hydrazine groups is 1. The third kappa shape index (κ3) is 5.86. The summed E-state index contributed by atoms with van der Waals surface area (Å²) < 4.78 is 11.0. The first-order chi connectivity index (χ1) is 15.1. The summed E-state index contributed by atoms with van der Waals surface area (Å²) in [6, 6.07) is 3.48. The van der Waals surface area contributed by atoms with Crippen molar-refractivity contribution in [2.45, 2.75) is 38.7 Å². The number of aliphatic imine (C=N–C) groups is 1. The lowest BCUT2D eigenvalue weighted by Gasteiger charge is -2.38. The van der Waals surface area contributed by atoms with E-state index >= 15 is 0 Å². The zero-order chi connectivity index (χ0) is 23.5. The molecule has 174 valence electrons. The highest BCUT2D eigenvalue weighted by molar-refractivity contribution is 6.42. The normalized spacial score (nSPS) is 18.5. The zero-order valence-corrected chi connectivity index (χ0v) is 19.9. The minimum atomic E-state index is -0.564. The summed E-state index contributed by atoms with van der Waals surface area (Å²) in [5, 5.41) is 0.886. The molecule has 0 aliphatic carbocycles. The molecule has 1 aromatic carbocycles. The van der Waals surface area contributed by atoms with Crippen molar-refractivity contribution < 1.29 is 19.1 Å². The molecular formula is C22H28Cl2N4O4. The number of ether oxygens (including phenoxy) is 2. The van der Waals surface area contributed by atoms with E-state index in [1.165, 1.54) is 4.90 Å². The Kier molecular flexibility index (Phi) is 7.56. The maximum absolute atomic E-state index is 12.4. The number of hydrogen-bond acceptors (Lipinski definition) is 6. The van der Waals surface area contributed by atoms with Crippen LogP contribution in [0.25, 0.3) is 0 Å². The predicted octanol–water partition coefficient (Wildman–Crippen LogP) is 3.93. The van der Waals surface area contributed by atoms with Crippen molar-refractivity contribution in [3.05, 3.63) is 40.4 Å². The number of amidine groups is 1. The van der Waals surface area contributed by atoms with Crippen molar-refractivity contribution in [1.29, 1.82) is 0 Å². The molecule has 8 nitrogen and oxygen atoms in total. The molecule has 0 radical (unpaired) electrons. The van der Waals surface area contributed by atoms with Gasteiger partial charge >= 0.3 is 6.09 Å². The van der Waals surface area contributed by atoms with Crippen molar-refractivity contribution in [1.82, 2.24) is 15.8 Å². The fourth-order valence-electron chi connectivity index (χ4n) is 3.43. The van der Waals surface area contributed by atoms with Crippen LogP contribution in [0.1, 0.15) is 38.7 Å². The van der Waals surface area contributed by atoms with Gasteiger partial charge in [-0.2, -0.15) is 0 Å². The number of nitrogens with one attached hydrogen (secondary N) is 2. The second-order valence-electron chi connectivity index (χ2n) is 8.76. The highest BCUT2D eigenvalue weighted by Gasteiger charge is 2.38. The van der Waals surface area contributed by atoms with Gasteiger partial charge in [0, 0.05) is 37.5 Å². The van der Waals surface area contributed by atoms with Gasteiger partial charge in [-0.3, -0.25) is 20.6 Å². The van der Waals surface area contributed by atoms with Gasteiger partial charge in [-0.25, -0.2) is 4.79 Å². The van der Waals surface area contributed by atoms with E-state index < -0.39 is 11.7 Å². The maximum Gasteiger partial charge on any atom is 0.410 e. The Morgan fingerprint density at radius 3 is 2.69 bits per heavy atom. The minimum absolute atomic E-state index is 0.0354. The zero-order valence-electron chi connectivity index (χ0n) is 18.4. The molecule has 1 atom stereocenters. The van der Waals surface area contributed by atoms with Crippen LogP contribution in [-0.4, -0.2) is 54.6 Å². The Balaban J connectivity index is 1.49. The van der Waals surface area contributed by atoms with E-state index in [0.29, 0.717) is 54.3 Å². The summed E-state index contributed by atoms with van der Waals surface area (Å²) in [6.07, 6.45) is 1.79. The highest BCUT2D eigenvalue weighted by atomic mass is 35.5. The van der Waals surface area contributed by atoms with Gasteiger partial charge in [0.25, 0.3) is 0 Å². The number of nitrogens with zero attached hydrogens (tertiary/aromatic N) is 2. The van der Waals surface area contributed by atoms with E-state index in [9.17, 15) is 9.59 Å². The quantitative estimate of drug-likeness (QED) is 0.489. The van der Waals surface area contributed by atoms with Gasteiger partial charge in [-0.15, -0.1) is 0 Å². The molecule has 3 rings (SSSR count). The first-order valence-corrected chi connectivity index (χ1v) is 11.1. The van der Waals surface area contributed by atoms with Gasteiger partial charge in [0.1, 0.15) is 23.8 Å². The van der Waals surface area contributed by atoms with Gasteiger partial charge in [-0.1, -0.05) is 35.9 Å². The van der Waals surface area contributed by atoms with E-state index in [4.69, 9.17) is 32.7 Å². The summed E-state index contributed by atoms with van der Waals surface area (Å²) in [6.45, 7) is 10.6. The molecule has 0 saturated carbocycles. The third-order valence-electron chi connectivity index (χ3n) is 5.03. The molecular weight excluding hydrogens is 455 g/mol. The van der Waals surface area contributed by atoms with E-state index in [2.05, 4.69) is 22.4 Å². The number of carbonyl (C=O) groups is 2. The lowest BCUT2D eigenvalue weighted by Crippen LogP contribution is -2.58. The lowest BCUT2D eigenvalue weighted by atomic mass is 9.96. The minimum Gasteiger partial charge on any atom is -0.489 e. The Morgan fingerprint density at radius 2 is 2.03 bits per heavy atom. The number of amides is 2. The first-order valence-electron chi connectivity index (χ1n) is 10.4. The third-order valence-corrected chi connectivity index (χ3v) is 5.85. The van der Waals surface area contributed by atoms with Crippen LogP contribution in [0, 0.1) is 5.92 Å². The standard InChI is InChI=1S/C22H28Cl2N4O4/c1-5-8-31-16-7-6-15(23)19(24)18(16)13-9-17(25-10-13)26-27-20(29)14-11-28(12-14)21(30)32-22(2,3)4/h5-7,13-14H,1,8-12H2,2-4H3,(H,25,26)(H,27,29)/t13-/m1/s1. The van der Waals surface area contributed by atoms with Gasteiger partial charge in [0.15, 0.2) is 0 Å². The van der Waals surface area contributed by atoms with Crippen LogP contribution in [0.2, 0.25) is 10.0 Å². The molecule has 1 saturated heterocycles. The molecule has 2 amide bonds. The van der Waals surface area contributed by atoms with Crippen LogP contribution in [-0.2, 0) is 9.53 Å². The van der Waals surface area contributed by atoms with E-state index in [-0.39, 0.29) is 17.7 Å². The van der Waals surface area contributed by atoms with E-state index in [1.807, 2.05) is 0 Å². The van der Waals surface area contributed by atoms with Crippen molar-refractivity contribution in [2.75, 3.05) is 26.2 Å². The molecule has 2 N–H and O–H groups in total. The number of likely N-dealkylation sites (tertiary alicyclic amines) is 1. The number of rotatable bonds is 5. The second-order valence-corrected chi connectivity index (χ2v) is 9.54. The summed E-state index contributed by atoms with van der Waals surface area (Å²) >= 11 is 12.7. The molecule has 0 aromatic heterocycles. The maximum atomic E-state index is 12.4. The topological polar surface area (TPSA) is 92.3 Å². The summed E-state index contributed by atoms with van der Waals surface area (Å²) in [5.41, 5.74) is 5.80. The van der Waals surface area contributed by atoms with Crippen molar-refractivity contribution in [3.63, 3.8) is 0 Å². The molecule has 0 bridgehead atoms. The van der Waals surface area contributed by atoms with E-state index in [0.717, 1.165) is 5.56 Å². The van der Waals surface area contributed by atoms with Gasteiger partial charge in [0.05, 0.1) is 16.0 Å². The van der Waals surface area contributed by atoms with Crippen molar-refractivity contribution in [2.24, 2.45) is 10.9 Å². The van der Waals surface area contributed by atoms with Crippen LogP contribution < -0.4 is 15.6 Å². The molecule has 1 aromatic rings. The molecule has 10 heteroatoms. The summed E-state index contributed by atoms with van der Waals surface area (Å²) in [5.74, 6) is 0.742. The van der Waals surface area contributed by atoms with E-state index in [1.54, 1.807) is 39.0 Å². The van der Waals surface area contributed by atoms with Crippen LogP contribution in [0.15, 0.2) is 29.8 Å². The molecule has 2 heterocycles. The fraction of sp³-hybridized carbons (Fsp3) is 0.500. The SMILES string of the molecule is C=CCOc1ccc(Cl)c(Cl)c1[C@H]1CN=C(NNC(=O)C2CN(C(=O)OC(C)(C)C)C2)C1. The monoisotopic (exact) mass is 482 g/mol. The van der Waals surface area contributed by atoms with Gasteiger partial charge in [0.2, 0.25) is 5.91 Å². The molecule has 2 aliphatic heterocycles. The summed E-state index contributed by atoms with van der Waals surface area (Å²) in [7, 11) is 0. The average Bonchev–Trinajstić information content (AvgIpc) is 3.13. The van der Waals surface area contributed by atoms with Crippen LogP contribution in [0.3, 0.4) is 0 Å². The predicted molar refractivity (Wildman–Crippen MR) is 124 cm³/mol. The smallest absolute Gasteiger partial charge is 0.410 e. The Morgan fingerprint density at radius 1 is 1.31 bits per heavy atom.